The van der Waals surface area contributed by atoms with Gasteiger partial charge >= 0.3 is 0 Å². The number of allylic oxidation sites excluding steroid dienone is 3. The van der Waals surface area contributed by atoms with Crippen LogP contribution < -0.4 is 0 Å². The van der Waals surface area contributed by atoms with E-state index in [-0.39, 0.29) is 0 Å². The normalized spacial score (nSPS) is 10.9. The molecule has 0 heterocycles. The molecule has 0 aliphatic heterocycles. The molecule has 0 aliphatic carbocycles. The van der Waals surface area contributed by atoms with Gasteiger partial charge in [0.1, 0.15) is 0 Å². The van der Waals surface area contributed by atoms with Crippen LogP contribution in [0.1, 0.15) is 6.92 Å². The minimum Gasteiger partial charge on any atom is -0.374 e. The lowest BCUT2D eigenvalue weighted by Crippen LogP contribution is -2.29. The first-order chi connectivity index (χ1) is 6.61. The van der Waals surface area contributed by atoms with Crippen LogP contribution in [0, 0.1) is 0 Å². The summed E-state index contributed by atoms with van der Waals surface area (Å²) in [5.74, 6) is 0. The van der Waals surface area contributed by atoms with Gasteiger partial charge in [0.15, 0.2) is 0 Å². The van der Waals surface area contributed by atoms with E-state index in [2.05, 4.69) is 44.0 Å². The Balaban J connectivity index is 3.83. The summed E-state index contributed by atoms with van der Waals surface area (Å²) in [6.45, 7) is 12.9. The maximum atomic E-state index is 3.97. The molecule has 0 rings (SSSR count). The van der Waals surface area contributed by atoms with Gasteiger partial charge in [-0.25, -0.2) is 0 Å². The highest BCUT2D eigenvalue weighted by molar-refractivity contribution is 5.16. The molecular formula is C12H22N2. The summed E-state index contributed by atoms with van der Waals surface area (Å²) < 4.78 is 0. The van der Waals surface area contributed by atoms with Crippen LogP contribution in [0.5, 0.6) is 0 Å². The highest BCUT2D eigenvalue weighted by Crippen LogP contribution is 2.00. The van der Waals surface area contributed by atoms with Gasteiger partial charge in [-0.3, -0.25) is 0 Å². The average Bonchev–Trinajstić information content (AvgIpc) is 2.21. The van der Waals surface area contributed by atoms with Crippen molar-refractivity contribution < 1.29 is 0 Å². The molecule has 0 amide bonds. The number of likely N-dealkylation sites (N-methyl/N-ethyl adjacent to an activating group) is 2. The van der Waals surface area contributed by atoms with Crippen molar-refractivity contribution in [2.24, 2.45) is 0 Å². The lowest BCUT2D eigenvalue weighted by atomic mass is 10.3. The van der Waals surface area contributed by atoms with Crippen LogP contribution in [0.25, 0.3) is 0 Å². The molecule has 2 heteroatoms. The fourth-order valence-corrected chi connectivity index (χ4v) is 0.929. The van der Waals surface area contributed by atoms with E-state index in [4.69, 9.17) is 0 Å². The molecule has 0 radical (unpaired) electrons. The molecular weight excluding hydrogens is 172 g/mol. The van der Waals surface area contributed by atoms with Crippen molar-refractivity contribution >= 4 is 0 Å². The fourth-order valence-electron chi connectivity index (χ4n) is 0.929. The van der Waals surface area contributed by atoms with E-state index < -0.39 is 0 Å². The minimum absolute atomic E-state index is 1.00. The first kappa shape index (κ1) is 13.0. The smallest absolute Gasteiger partial charge is 0.0302 e. The SMILES string of the molecule is C=C/C=C\C(=C)N(C)CCN(C)CC. The largest absolute Gasteiger partial charge is 0.374 e. The predicted octanol–water partition coefficient (Wildman–Crippen LogP) is 2.13. The number of rotatable bonds is 7. The van der Waals surface area contributed by atoms with Crippen LogP contribution in [-0.2, 0) is 0 Å². The highest BCUT2D eigenvalue weighted by atomic mass is 15.2. The molecule has 0 bridgehead atoms. The zero-order valence-corrected chi connectivity index (χ0v) is 9.66. The fraction of sp³-hybridized carbons (Fsp3) is 0.500. The lowest BCUT2D eigenvalue weighted by Gasteiger charge is -2.22. The summed E-state index contributed by atoms with van der Waals surface area (Å²) in [7, 11) is 4.18. The van der Waals surface area contributed by atoms with Gasteiger partial charge in [-0.1, -0.05) is 32.2 Å². The average molecular weight is 194 g/mol. The summed E-state index contributed by atoms with van der Waals surface area (Å²) in [5.41, 5.74) is 1.02. The van der Waals surface area contributed by atoms with Gasteiger partial charge in [0.05, 0.1) is 0 Å². The van der Waals surface area contributed by atoms with E-state index in [9.17, 15) is 0 Å². The van der Waals surface area contributed by atoms with E-state index in [1.165, 1.54) is 0 Å². The Hall–Kier alpha value is -1.02. The van der Waals surface area contributed by atoms with Gasteiger partial charge in [0.2, 0.25) is 0 Å². The van der Waals surface area contributed by atoms with Crippen LogP contribution in [0.15, 0.2) is 37.1 Å². The third-order valence-electron chi connectivity index (χ3n) is 2.27. The molecule has 14 heavy (non-hydrogen) atoms. The Bertz CT molecular complexity index is 206. The Labute approximate surface area is 88.2 Å². The van der Waals surface area contributed by atoms with Crippen LogP contribution in [0.3, 0.4) is 0 Å². The third-order valence-corrected chi connectivity index (χ3v) is 2.27. The molecule has 0 spiro atoms. The van der Waals surface area contributed by atoms with Crippen molar-refractivity contribution in [3.05, 3.63) is 37.1 Å². The zero-order chi connectivity index (χ0) is 11.0. The van der Waals surface area contributed by atoms with E-state index in [0.717, 1.165) is 25.3 Å². The number of hydrogen-bond donors (Lipinski definition) is 0. The molecule has 2 nitrogen and oxygen atoms in total. The van der Waals surface area contributed by atoms with Crippen molar-refractivity contribution in [1.29, 1.82) is 0 Å². The van der Waals surface area contributed by atoms with Gasteiger partial charge in [-0.05, 0) is 19.7 Å². The zero-order valence-electron chi connectivity index (χ0n) is 9.66. The first-order valence-electron chi connectivity index (χ1n) is 4.99. The molecule has 0 saturated carbocycles. The van der Waals surface area contributed by atoms with Crippen LogP contribution in [-0.4, -0.2) is 43.5 Å². The van der Waals surface area contributed by atoms with Crippen molar-refractivity contribution in [2.45, 2.75) is 6.92 Å². The monoisotopic (exact) mass is 194 g/mol. The van der Waals surface area contributed by atoms with Crippen molar-refractivity contribution in [3.63, 3.8) is 0 Å². The quantitative estimate of drug-likeness (QED) is 0.573. The molecule has 0 aliphatic rings. The Morgan fingerprint density at radius 1 is 1.29 bits per heavy atom. The van der Waals surface area contributed by atoms with Crippen molar-refractivity contribution in [2.75, 3.05) is 33.7 Å². The van der Waals surface area contributed by atoms with Crippen LogP contribution in [0.4, 0.5) is 0 Å². The van der Waals surface area contributed by atoms with Gasteiger partial charge in [-0.15, -0.1) is 0 Å². The molecule has 0 unspecified atom stereocenters. The number of nitrogens with zero attached hydrogens (tertiary/aromatic N) is 2. The summed E-state index contributed by atoms with van der Waals surface area (Å²) in [6.07, 6.45) is 5.64. The second-order valence-electron chi connectivity index (χ2n) is 3.40. The Kier molecular flexibility index (Phi) is 6.85. The molecule has 0 aromatic rings. The molecule has 0 aromatic carbocycles. The molecule has 0 saturated heterocycles. The first-order valence-corrected chi connectivity index (χ1v) is 4.99. The number of hydrogen-bond acceptors (Lipinski definition) is 2. The Morgan fingerprint density at radius 2 is 1.93 bits per heavy atom. The maximum absolute atomic E-state index is 3.97. The molecule has 0 aromatic heterocycles. The predicted molar refractivity (Wildman–Crippen MR) is 64.3 cm³/mol. The second-order valence-corrected chi connectivity index (χ2v) is 3.40. The molecule has 0 N–H and O–H groups in total. The van der Waals surface area contributed by atoms with Crippen molar-refractivity contribution in [3.8, 4) is 0 Å². The standard InChI is InChI=1S/C12H22N2/c1-6-8-9-12(3)14(5)11-10-13(4)7-2/h6,8-9H,1,3,7,10-11H2,2,4-5H3/b9-8-. The van der Waals surface area contributed by atoms with Gasteiger partial charge in [0, 0.05) is 25.8 Å². The summed E-state index contributed by atoms with van der Waals surface area (Å²) in [4.78, 5) is 4.42. The summed E-state index contributed by atoms with van der Waals surface area (Å²) in [6, 6.07) is 0. The van der Waals surface area contributed by atoms with E-state index in [1.807, 2.05) is 12.2 Å². The van der Waals surface area contributed by atoms with Gasteiger partial charge in [-0.2, -0.15) is 0 Å². The van der Waals surface area contributed by atoms with E-state index in [1.54, 1.807) is 6.08 Å². The third kappa shape index (κ3) is 5.60. The maximum Gasteiger partial charge on any atom is 0.0302 e. The van der Waals surface area contributed by atoms with Crippen LogP contribution >= 0.6 is 0 Å². The van der Waals surface area contributed by atoms with Crippen molar-refractivity contribution in [1.82, 2.24) is 9.80 Å². The Morgan fingerprint density at radius 3 is 2.43 bits per heavy atom. The second kappa shape index (κ2) is 7.39. The topological polar surface area (TPSA) is 6.48 Å². The highest BCUT2D eigenvalue weighted by Gasteiger charge is 1.99. The molecule has 0 atom stereocenters. The van der Waals surface area contributed by atoms with E-state index >= 15 is 0 Å². The van der Waals surface area contributed by atoms with Gasteiger partial charge < -0.3 is 9.80 Å². The lowest BCUT2D eigenvalue weighted by molar-refractivity contribution is 0.300. The summed E-state index contributed by atoms with van der Waals surface area (Å²) >= 11 is 0. The van der Waals surface area contributed by atoms with Gasteiger partial charge in [0.25, 0.3) is 0 Å². The minimum atomic E-state index is 1.00. The van der Waals surface area contributed by atoms with E-state index in [0.29, 0.717) is 0 Å². The summed E-state index contributed by atoms with van der Waals surface area (Å²) in [5, 5.41) is 0. The van der Waals surface area contributed by atoms with Crippen LogP contribution in [0.2, 0.25) is 0 Å². The molecule has 80 valence electrons. The molecule has 0 fully saturated rings.